The molecule has 0 saturated carbocycles. The van der Waals surface area contributed by atoms with E-state index >= 15 is 0 Å². The van der Waals surface area contributed by atoms with Crippen molar-refractivity contribution < 1.29 is 23.8 Å². The predicted octanol–water partition coefficient (Wildman–Crippen LogP) is 1.07. The summed E-state index contributed by atoms with van der Waals surface area (Å²) in [6.45, 7) is 3.43. The molecular formula is C21H30FN3O4. The fourth-order valence-electron chi connectivity index (χ4n) is 3.97. The van der Waals surface area contributed by atoms with Crippen molar-refractivity contribution in [3.8, 4) is 0 Å². The summed E-state index contributed by atoms with van der Waals surface area (Å²) in [6.07, 6.45) is 2.99. The van der Waals surface area contributed by atoms with Gasteiger partial charge >= 0.3 is 0 Å². The number of aliphatic hydroxyl groups is 1. The summed E-state index contributed by atoms with van der Waals surface area (Å²) in [5.74, 6) is -0.949. The van der Waals surface area contributed by atoms with Gasteiger partial charge in [0.2, 0.25) is 5.91 Å². The highest BCUT2D eigenvalue weighted by Crippen LogP contribution is 2.22. The molecule has 8 heteroatoms. The molecule has 2 saturated heterocycles. The molecule has 2 aliphatic rings. The zero-order valence-electron chi connectivity index (χ0n) is 16.6. The second kappa shape index (κ2) is 10.7. The maximum absolute atomic E-state index is 13.3. The van der Waals surface area contributed by atoms with Crippen LogP contribution in [0, 0.1) is 5.82 Å². The molecular weight excluding hydrogens is 377 g/mol. The molecule has 1 aromatic rings. The first-order valence-electron chi connectivity index (χ1n) is 10.4. The van der Waals surface area contributed by atoms with E-state index in [1.807, 2.05) is 0 Å². The average Bonchev–Trinajstić information content (AvgIpc) is 3.22. The molecule has 0 aromatic heterocycles. The lowest BCUT2D eigenvalue weighted by Crippen LogP contribution is -2.51. The van der Waals surface area contributed by atoms with Gasteiger partial charge in [0.25, 0.3) is 5.91 Å². The van der Waals surface area contributed by atoms with Crippen molar-refractivity contribution in [2.75, 3.05) is 32.8 Å². The summed E-state index contributed by atoms with van der Waals surface area (Å²) in [4.78, 5) is 26.8. The molecule has 2 fully saturated rings. The van der Waals surface area contributed by atoms with E-state index in [-0.39, 0.29) is 36.6 Å². The molecule has 1 aromatic carbocycles. The van der Waals surface area contributed by atoms with Crippen LogP contribution in [0.25, 0.3) is 0 Å². The zero-order valence-corrected chi connectivity index (χ0v) is 16.6. The number of nitrogens with zero attached hydrogens (tertiary/aromatic N) is 1. The van der Waals surface area contributed by atoms with E-state index in [0.29, 0.717) is 19.4 Å². The Balaban J connectivity index is 1.42. The van der Waals surface area contributed by atoms with Crippen molar-refractivity contribution in [3.05, 3.63) is 35.6 Å². The van der Waals surface area contributed by atoms with E-state index < -0.39 is 17.8 Å². The molecule has 0 aliphatic carbocycles. The van der Waals surface area contributed by atoms with E-state index in [1.54, 1.807) is 0 Å². The third-order valence-electron chi connectivity index (χ3n) is 5.56. The summed E-state index contributed by atoms with van der Waals surface area (Å²) in [7, 11) is 0. The summed E-state index contributed by atoms with van der Waals surface area (Å²) in [5, 5.41) is 15.4. The number of aliphatic hydroxyl groups excluding tert-OH is 1. The molecule has 2 heterocycles. The molecule has 3 atom stereocenters. The van der Waals surface area contributed by atoms with Crippen molar-refractivity contribution >= 4 is 11.8 Å². The summed E-state index contributed by atoms with van der Waals surface area (Å²) >= 11 is 0. The smallest absolute Gasteiger partial charge is 0.251 e. The Morgan fingerprint density at radius 3 is 2.76 bits per heavy atom. The van der Waals surface area contributed by atoms with Gasteiger partial charge in [-0.1, -0.05) is 6.07 Å². The first-order valence-corrected chi connectivity index (χ1v) is 10.4. The maximum atomic E-state index is 13.3. The summed E-state index contributed by atoms with van der Waals surface area (Å²) in [5.41, 5.74) is 0.223. The van der Waals surface area contributed by atoms with Gasteiger partial charge in [-0.15, -0.1) is 0 Å². The third-order valence-corrected chi connectivity index (χ3v) is 5.56. The molecule has 3 N–H and O–H groups in total. The zero-order chi connectivity index (χ0) is 20.6. The average molecular weight is 407 g/mol. The van der Waals surface area contributed by atoms with Crippen LogP contribution in [0.15, 0.2) is 24.3 Å². The van der Waals surface area contributed by atoms with Gasteiger partial charge in [0, 0.05) is 18.7 Å². The van der Waals surface area contributed by atoms with Crippen molar-refractivity contribution in [1.82, 2.24) is 15.5 Å². The van der Waals surface area contributed by atoms with Crippen LogP contribution in [-0.4, -0.2) is 72.9 Å². The first-order chi connectivity index (χ1) is 14.0. The minimum absolute atomic E-state index is 0.0619. The van der Waals surface area contributed by atoms with Crippen LogP contribution in [0.5, 0.6) is 0 Å². The topological polar surface area (TPSA) is 90.9 Å². The van der Waals surface area contributed by atoms with Crippen LogP contribution in [-0.2, 0) is 9.53 Å². The maximum Gasteiger partial charge on any atom is 0.251 e. The number of benzene rings is 1. The summed E-state index contributed by atoms with van der Waals surface area (Å²) in [6, 6.07) is 5.07. The minimum atomic E-state index is -0.594. The van der Waals surface area contributed by atoms with E-state index in [2.05, 4.69) is 15.5 Å². The molecule has 0 spiro atoms. The van der Waals surface area contributed by atoms with E-state index in [4.69, 9.17) is 4.74 Å². The van der Waals surface area contributed by atoms with Gasteiger partial charge in [-0.3, -0.25) is 9.59 Å². The Kier molecular flexibility index (Phi) is 7.97. The number of likely N-dealkylation sites (tertiary alicyclic amines) is 1. The molecule has 160 valence electrons. The second-order valence-corrected chi connectivity index (χ2v) is 7.75. The number of ether oxygens (including phenoxy) is 1. The highest BCUT2D eigenvalue weighted by Gasteiger charge is 2.33. The van der Waals surface area contributed by atoms with Gasteiger partial charge in [0.15, 0.2) is 0 Å². The molecule has 0 unspecified atom stereocenters. The van der Waals surface area contributed by atoms with Gasteiger partial charge in [0.1, 0.15) is 11.9 Å². The standard InChI is InChI=1S/C21H30FN3O4/c22-16-5-3-4-15(12-16)21(28)24-18-7-6-17(29-19(18)14-26)13-20(27)23-8-11-25-9-1-2-10-25/h3-5,12,17-19,26H,1-2,6-11,13-14H2,(H,23,27)(H,24,28)/t17-,18-,19+/m0/s1. The normalized spacial score (nSPS) is 25.0. The lowest BCUT2D eigenvalue weighted by atomic mass is 9.96. The molecule has 2 amide bonds. The van der Waals surface area contributed by atoms with Crippen molar-refractivity contribution in [1.29, 1.82) is 0 Å². The number of amides is 2. The SMILES string of the molecule is O=C(C[C@@H]1CC[C@H](NC(=O)c2cccc(F)c2)[C@@H](CO)O1)NCCN1CCCC1. The number of carbonyl (C=O) groups is 2. The Morgan fingerprint density at radius 1 is 1.24 bits per heavy atom. The van der Waals surface area contributed by atoms with Crippen LogP contribution < -0.4 is 10.6 Å². The fourth-order valence-corrected chi connectivity index (χ4v) is 3.97. The van der Waals surface area contributed by atoms with Crippen LogP contribution in [0.2, 0.25) is 0 Å². The quantitative estimate of drug-likeness (QED) is 0.600. The van der Waals surface area contributed by atoms with Crippen molar-refractivity contribution in [2.24, 2.45) is 0 Å². The van der Waals surface area contributed by atoms with Gasteiger partial charge in [-0.25, -0.2) is 4.39 Å². The summed E-state index contributed by atoms with van der Waals surface area (Å²) < 4.78 is 19.2. The molecule has 0 radical (unpaired) electrons. The van der Waals surface area contributed by atoms with E-state index in [1.165, 1.54) is 37.1 Å². The van der Waals surface area contributed by atoms with E-state index in [9.17, 15) is 19.1 Å². The minimum Gasteiger partial charge on any atom is -0.394 e. The third kappa shape index (κ3) is 6.48. The van der Waals surface area contributed by atoms with Crippen LogP contribution >= 0.6 is 0 Å². The van der Waals surface area contributed by atoms with Gasteiger partial charge in [-0.2, -0.15) is 0 Å². The Hall–Kier alpha value is -2.03. The predicted molar refractivity (Wildman–Crippen MR) is 106 cm³/mol. The Bertz CT molecular complexity index is 696. The molecule has 0 bridgehead atoms. The number of hydrogen-bond acceptors (Lipinski definition) is 5. The highest BCUT2D eigenvalue weighted by atomic mass is 19.1. The number of nitrogens with one attached hydrogen (secondary N) is 2. The lowest BCUT2D eigenvalue weighted by Gasteiger charge is -2.36. The van der Waals surface area contributed by atoms with E-state index in [0.717, 1.165) is 19.6 Å². The van der Waals surface area contributed by atoms with Gasteiger partial charge in [-0.05, 0) is 57.0 Å². The van der Waals surface area contributed by atoms with Gasteiger partial charge < -0.3 is 25.4 Å². The molecule has 7 nitrogen and oxygen atoms in total. The molecule has 3 rings (SSSR count). The van der Waals surface area contributed by atoms with Gasteiger partial charge in [0.05, 0.1) is 25.2 Å². The second-order valence-electron chi connectivity index (χ2n) is 7.75. The van der Waals surface area contributed by atoms with Crippen molar-refractivity contribution in [3.63, 3.8) is 0 Å². The number of rotatable bonds is 8. The van der Waals surface area contributed by atoms with Crippen LogP contribution in [0.4, 0.5) is 4.39 Å². The first kappa shape index (κ1) is 21.7. The largest absolute Gasteiger partial charge is 0.394 e. The molecule has 29 heavy (non-hydrogen) atoms. The Morgan fingerprint density at radius 2 is 2.03 bits per heavy atom. The lowest BCUT2D eigenvalue weighted by molar-refractivity contribution is -0.130. The van der Waals surface area contributed by atoms with Crippen molar-refractivity contribution in [2.45, 2.75) is 50.4 Å². The Labute approximate surface area is 170 Å². The van der Waals surface area contributed by atoms with Crippen LogP contribution in [0.1, 0.15) is 42.5 Å². The fraction of sp³-hybridized carbons (Fsp3) is 0.619. The molecule has 2 aliphatic heterocycles. The van der Waals surface area contributed by atoms with Crippen LogP contribution in [0.3, 0.4) is 0 Å². The number of hydrogen-bond donors (Lipinski definition) is 3. The number of carbonyl (C=O) groups excluding carboxylic acids is 2. The number of halogens is 1. The highest BCUT2D eigenvalue weighted by molar-refractivity contribution is 5.94. The monoisotopic (exact) mass is 407 g/mol.